The van der Waals surface area contributed by atoms with Gasteiger partial charge in [-0.3, -0.25) is 19.9 Å². The van der Waals surface area contributed by atoms with Gasteiger partial charge in [0.2, 0.25) is 0 Å². The first-order valence-electron chi connectivity index (χ1n) is 6.91. The summed E-state index contributed by atoms with van der Waals surface area (Å²) < 4.78 is 0. The topological polar surface area (TPSA) is 125 Å². The van der Waals surface area contributed by atoms with Gasteiger partial charge in [0.25, 0.3) is 11.6 Å². The van der Waals surface area contributed by atoms with Gasteiger partial charge in [0.15, 0.2) is 6.04 Å². The van der Waals surface area contributed by atoms with Crippen molar-refractivity contribution in [3.05, 3.63) is 69.8 Å². The Hall–Kier alpha value is -1.91. The second kappa shape index (κ2) is 7.98. The van der Waals surface area contributed by atoms with Crippen molar-refractivity contribution in [2.75, 3.05) is 5.32 Å². The minimum atomic E-state index is -1.74. The van der Waals surface area contributed by atoms with E-state index in [0.717, 1.165) is 0 Å². The van der Waals surface area contributed by atoms with E-state index in [1.54, 1.807) is 30.3 Å². The first kappa shape index (κ1) is 19.4. The summed E-state index contributed by atoms with van der Waals surface area (Å²) in [6, 6.07) is 10.6. The Kier molecular flexibility index (Phi) is 6.19. The van der Waals surface area contributed by atoms with Crippen LogP contribution in [0.3, 0.4) is 0 Å². The largest absolute Gasteiger partial charge is 1.00 e. The van der Waals surface area contributed by atoms with E-state index in [0.29, 0.717) is 5.56 Å². The van der Waals surface area contributed by atoms with Crippen molar-refractivity contribution in [3.8, 4) is 0 Å². The maximum atomic E-state index is 12.0. The average molecular weight is 363 g/mol. The number of aliphatic imine (C=N–C) groups is 1. The molecule has 1 N–H and O–H groups in total. The quantitative estimate of drug-likeness (QED) is 0.279. The van der Waals surface area contributed by atoms with Gasteiger partial charge in [-0.1, -0.05) is 30.3 Å². The van der Waals surface area contributed by atoms with E-state index in [9.17, 15) is 24.8 Å². The monoisotopic (exact) mass is 363 g/mol. The van der Waals surface area contributed by atoms with Crippen LogP contribution in [-0.4, -0.2) is 28.6 Å². The van der Waals surface area contributed by atoms with E-state index in [-0.39, 0.29) is 74.0 Å². The molecule has 0 saturated carbocycles. The van der Waals surface area contributed by atoms with Crippen molar-refractivity contribution in [1.29, 1.82) is 0 Å². The number of benzodiazepines with no additional fused rings is 1. The molecule has 1 amide bonds. The van der Waals surface area contributed by atoms with E-state index in [1.807, 2.05) is 0 Å². The van der Waals surface area contributed by atoms with Crippen LogP contribution in [0.5, 0.6) is 0 Å². The molecule has 1 heterocycles. The number of hydrogen-bond acceptors (Lipinski definition) is 6. The van der Waals surface area contributed by atoms with E-state index in [2.05, 4.69) is 10.3 Å². The maximum absolute atomic E-state index is 12.0. The number of anilines is 1. The molecule has 2 aromatic rings. The minimum absolute atomic E-state index is 0. The normalized spacial score (nSPS) is 15.8. The number of rotatable bonds is 3. The van der Waals surface area contributed by atoms with Gasteiger partial charge >= 0.3 is 51.4 Å². The molecule has 0 saturated heterocycles. The summed E-state index contributed by atoms with van der Waals surface area (Å²) >= 11 is 0. The first-order chi connectivity index (χ1) is 11.5. The van der Waals surface area contributed by atoms with Crippen LogP contribution in [0.15, 0.2) is 53.5 Å². The van der Waals surface area contributed by atoms with E-state index in [4.69, 9.17) is 0 Å². The number of nitrogens with zero attached hydrogens (tertiary/aromatic N) is 2. The zero-order valence-corrected chi connectivity index (χ0v) is 16.3. The van der Waals surface area contributed by atoms with Crippen LogP contribution in [0, 0.1) is 10.1 Å². The Bertz CT molecular complexity index is 883. The van der Waals surface area contributed by atoms with Crippen LogP contribution in [0.2, 0.25) is 0 Å². The number of benzene rings is 2. The van der Waals surface area contributed by atoms with Crippen molar-refractivity contribution in [1.82, 2.24) is 0 Å². The summed E-state index contributed by atoms with van der Waals surface area (Å²) in [5, 5.41) is 24.7. The number of carbonyl (C=O) groups is 2. The van der Waals surface area contributed by atoms with Gasteiger partial charge in [-0.05, 0) is 6.07 Å². The Morgan fingerprint density at radius 1 is 1.16 bits per heavy atom. The fourth-order valence-corrected chi connectivity index (χ4v) is 2.39. The summed E-state index contributed by atoms with van der Waals surface area (Å²) in [7, 11) is 0. The summed E-state index contributed by atoms with van der Waals surface area (Å²) in [5.74, 6) is -2.51. The molecule has 2 aromatic carbocycles. The second-order valence-corrected chi connectivity index (χ2v) is 5.04. The average Bonchev–Trinajstić information content (AvgIpc) is 2.71. The molecule has 0 fully saturated rings. The molecule has 3 rings (SSSR count). The number of fused-ring (bicyclic) bond motifs is 1. The maximum Gasteiger partial charge on any atom is 1.00 e. The van der Waals surface area contributed by atoms with Crippen LogP contribution >= 0.6 is 0 Å². The molecular formula is C16H10KN3O5. The molecule has 0 bridgehead atoms. The summed E-state index contributed by atoms with van der Waals surface area (Å²) in [6.45, 7) is 0. The standard InChI is InChI=1S/C16H11N3O5.K/c20-15-14(16(21)22)18-13(9-4-2-1-3-5-9)11-8-10(19(23)24)6-7-12(11)17-15;/h1-8,14H,(H,17,20)(H,21,22);/q;+1/p-1. The molecule has 25 heavy (non-hydrogen) atoms. The van der Waals surface area contributed by atoms with Crippen molar-refractivity contribution in [2.45, 2.75) is 6.04 Å². The molecule has 0 aromatic heterocycles. The van der Waals surface area contributed by atoms with Gasteiger partial charge < -0.3 is 15.2 Å². The van der Waals surface area contributed by atoms with Gasteiger partial charge in [0.1, 0.15) is 0 Å². The number of nitrogens with one attached hydrogen (secondary N) is 1. The van der Waals surface area contributed by atoms with E-state index < -0.39 is 22.8 Å². The predicted octanol–water partition coefficient (Wildman–Crippen LogP) is -2.49. The zero-order chi connectivity index (χ0) is 17.3. The number of aliphatic carboxylic acids is 1. The van der Waals surface area contributed by atoms with Crippen molar-refractivity contribution in [2.24, 2.45) is 4.99 Å². The Balaban J connectivity index is 0.00000225. The third kappa shape index (κ3) is 4.02. The number of carbonyl (C=O) groups excluding carboxylic acids is 2. The molecule has 8 nitrogen and oxygen atoms in total. The Morgan fingerprint density at radius 3 is 2.44 bits per heavy atom. The smallest absolute Gasteiger partial charge is 0.547 e. The van der Waals surface area contributed by atoms with Gasteiger partial charge in [-0.2, -0.15) is 0 Å². The fourth-order valence-electron chi connectivity index (χ4n) is 2.39. The van der Waals surface area contributed by atoms with Gasteiger partial charge in [-0.25, -0.2) is 0 Å². The molecule has 9 heteroatoms. The molecule has 1 aliphatic heterocycles. The number of nitro benzene ring substituents is 1. The Labute approximate surface area is 184 Å². The molecule has 120 valence electrons. The molecule has 0 radical (unpaired) electrons. The van der Waals surface area contributed by atoms with E-state index >= 15 is 0 Å². The van der Waals surface area contributed by atoms with Crippen molar-refractivity contribution in [3.63, 3.8) is 0 Å². The van der Waals surface area contributed by atoms with Crippen molar-refractivity contribution < 1.29 is 71.0 Å². The molecular weight excluding hydrogens is 353 g/mol. The van der Waals surface area contributed by atoms with Crippen LogP contribution < -0.4 is 61.8 Å². The summed E-state index contributed by atoms with van der Waals surface area (Å²) in [4.78, 5) is 37.7. The third-order valence-corrected chi connectivity index (χ3v) is 3.50. The van der Waals surface area contributed by atoms with Gasteiger partial charge in [0.05, 0.1) is 22.3 Å². The molecule has 1 aliphatic rings. The number of nitro groups is 1. The second-order valence-electron chi connectivity index (χ2n) is 5.04. The van der Waals surface area contributed by atoms with Crippen LogP contribution in [0.25, 0.3) is 0 Å². The summed E-state index contributed by atoms with van der Waals surface area (Å²) in [6.07, 6.45) is 0. The number of hydrogen-bond donors (Lipinski definition) is 1. The van der Waals surface area contributed by atoms with E-state index in [1.165, 1.54) is 18.2 Å². The number of carboxylic acid groups (broad SMARTS) is 1. The van der Waals surface area contributed by atoms with Crippen LogP contribution in [-0.2, 0) is 9.59 Å². The fraction of sp³-hybridized carbons (Fsp3) is 0.0625. The Morgan fingerprint density at radius 2 is 1.84 bits per heavy atom. The number of carboxylic acids is 1. The molecule has 1 unspecified atom stereocenters. The molecule has 1 atom stereocenters. The number of non-ortho nitro benzene ring substituents is 1. The van der Waals surface area contributed by atoms with Crippen LogP contribution in [0.4, 0.5) is 11.4 Å². The van der Waals surface area contributed by atoms with Gasteiger partial charge in [-0.15, -0.1) is 0 Å². The van der Waals surface area contributed by atoms with Gasteiger partial charge in [0, 0.05) is 23.3 Å². The zero-order valence-electron chi connectivity index (χ0n) is 13.1. The third-order valence-electron chi connectivity index (χ3n) is 3.50. The minimum Gasteiger partial charge on any atom is -0.547 e. The predicted molar refractivity (Wildman–Crippen MR) is 82.6 cm³/mol. The molecule has 0 aliphatic carbocycles. The SMILES string of the molecule is O=C([O-])C1N=C(c2ccccc2)c2cc([N+](=O)[O-])ccc2NC1=O.[K+]. The summed E-state index contributed by atoms with van der Waals surface area (Å²) in [5.41, 5.74) is 1.02. The van der Waals surface area contributed by atoms with Crippen molar-refractivity contribution >= 4 is 29.0 Å². The van der Waals surface area contributed by atoms with Crippen LogP contribution in [0.1, 0.15) is 11.1 Å². The number of amides is 1. The first-order valence-corrected chi connectivity index (χ1v) is 6.91. The molecule has 0 spiro atoms.